The normalized spacial score (nSPS) is 10.3. The second kappa shape index (κ2) is 12.4. The Bertz CT molecular complexity index is 919. The van der Waals surface area contributed by atoms with Crippen molar-refractivity contribution in [1.82, 2.24) is 5.32 Å². The maximum absolute atomic E-state index is 12.5. The standard InChI is InChI=1S/C23H28BrN3O3S/c1-4-5-6-7-14-30-21-13-8-17(15-20(21)24)22(29)26-23(31)25-18-9-11-19(12-10-18)27(3)16(2)28/h8-13,15H,4-7,14H2,1-3H3,(H2,25,26,29,31). The molecule has 8 heteroatoms. The zero-order valence-corrected chi connectivity index (χ0v) is 20.4. The average Bonchev–Trinajstić information content (AvgIpc) is 2.74. The maximum atomic E-state index is 12.5. The Morgan fingerprint density at radius 1 is 1.10 bits per heavy atom. The molecular formula is C23H28BrN3O3S. The van der Waals surface area contributed by atoms with E-state index in [0.29, 0.717) is 23.6 Å². The fourth-order valence-electron chi connectivity index (χ4n) is 2.76. The molecule has 2 aromatic carbocycles. The quantitative estimate of drug-likeness (QED) is 0.346. The van der Waals surface area contributed by atoms with Crippen LogP contribution in [0.4, 0.5) is 11.4 Å². The van der Waals surface area contributed by atoms with Crippen LogP contribution in [0, 0.1) is 0 Å². The number of nitrogens with one attached hydrogen (secondary N) is 2. The van der Waals surface area contributed by atoms with Gasteiger partial charge in [0.25, 0.3) is 5.91 Å². The van der Waals surface area contributed by atoms with Crippen LogP contribution in [0.3, 0.4) is 0 Å². The highest BCUT2D eigenvalue weighted by Crippen LogP contribution is 2.26. The van der Waals surface area contributed by atoms with Crippen LogP contribution < -0.4 is 20.3 Å². The Hall–Kier alpha value is -2.45. The number of unbranched alkanes of at least 4 members (excludes halogenated alkanes) is 3. The summed E-state index contributed by atoms with van der Waals surface area (Å²) in [7, 11) is 1.70. The molecule has 0 saturated carbocycles. The molecule has 0 fully saturated rings. The van der Waals surface area contributed by atoms with Crippen LogP contribution in [-0.4, -0.2) is 30.6 Å². The molecule has 2 N–H and O–H groups in total. The first-order chi connectivity index (χ1) is 14.8. The van der Waals surface area contributed by atoms with Crippen molar-refractivity contribution >= 4 is 56.4 Å². The lowest BCUT2D eigenvalue weighted by atomic mass is 10.2. The summed E-state index contributed by atoms with van der Waals surface area (Å²) in [6.45, 7) is 4.33. The number of halogens is 1. The Morgan fingerprint density at radius 2 is 1.81 bits per heavy atom. The third kappa shape index (κ3) is 7.95. The van der Waals surface area contributed by atoms with Crippen LogP contribution in [0.1, 0.15) is 49.9 Å². The minimum atomic E-state index is -0.319. The first kappa shape index (κ1) is 24.8. The van der Waals surface area contributed by atoms with Crippen LogP contribution in [0.5, 0.6) is 5.75 Å². The second-order valence-electron chi connectivity index (χ2n) is 7.09. The molecule has 166 valence electrons. The van der Waals surface area contributed by atoms with E-state index >= 15 is 0 Å². The van der Waals surface area contributed by atoms with E-state index in [4.69, 9.17) is 17.0 Å². The minimum Gasteiger partial charge on any atom is -0.492 e. The Kier molecular flexibility index (Phi) is 9.94. The lowest BCUT2D eigenvalue weighted by molar-refractivity contribution is -0.116. The van der Waals surface area contributed by atoms with E-state index in [9.17, 15) is 9.59 Å². The fraction of sp³-hybridized carbons (Fsp3) is 0.348. The summed E-state index contributed by atoms with van der Waals surface area (Å²) in [4.78, 5) is 25.5. The van der Waals surface area contributed by atoms with Crippen molar-refractivity contribution in [3.8, 4) is 5.75 Å². The van der Waals surface area contributed by atoms with Gasteiger partial charge in [-0.25, -0.2) is 0 Å². The molecule has 2 rings (SSSR count). The van der Waals surface area contributed by atoms with E-state index in [0.717, 1.165) is 23.0 Å². The number of rotatable bonds is 9. The van der Waals surface area contributed by atoms with Crippen molar-refractivity contribution in [3.63, 3.8) is 0 Å². The van der Waals surface area contributed by atoms with Gasteiger partial charge in [0.2, 0.25) is 5.91 Å². The van der Waals surface area contributed by atoms with Crippen molar-refractivity contribution in [3.05, 3.63) is 52.5 Å². The first-order valence-electron chi connectivity index (χ1n) is 10.2. The third-order valence-corrected chi connectivity index (χ3v) is 5.49. The summed E-state index contributed by atoms with van der Waals surface area (Å²) < 4.78 is 6.50. The van der Waals surface area contributed by atoms with E-state index in [1.54, 1.807) is 54.4 Å². The molecule has 0 heterocycles. The number of amides is 2. The molecule has 2 amide bonds. The molecular weight excluding hydrogens is 478 g/mol. The van der Waals surface area contributed by atoms with Crippen molar-refractivity contribution in [1.29, 1.82) is 0 Å². The summed E-state index contributed by atoms with van der Waals surface area (Å²) in [6.07, 6.45) is 4.55. The third-order valence-electron chi connectivity index (χ3n) is 4.66. The maximum Gasteiger partial charge on any atom is 0.257 e. The number of anilines is 2. The van der Waals surface area contributed by atoms with Gasteiger partial charge in [0.15, 0.2) is 5.11 Å². The van der Waals surface area contributed by atoms with Crippen molar-refractivity contribution in [2.75, 3.05) is 23.9 Å². The highest BCUT2D eigenvalue weighted by atomic mass is 79.9. The van der Waals surface area contributed by atoms with Gasteiger partial charge in [0.05, 0.1) is 11.1 Å². The minimum absolute atomic E-state index is 0.0532. The summed E-state index contributed by atoms with van der Waals surface area (Å²) in [6, 6.07) is 12.4. The van der Waals surface area contributed by atoms with Crippen molar-refractivity contribution in [2.45, 2.75) is 39.5 Å². The summed E-state index contributed by atoms with van der Waals surface area (Å²) >= 11 is 8.71. The van der Waals surface area contributed by atoms with E-state index in [1.807, 2.05) is 0 Å². The molecule has 0 aliphatic carbocycles. The number of hydrogen-bond donors (Lipinski definition) is 2. The molecule has 6 nitrogen and oxygen atoms in total. The molecule has 0 saturated heterocycles. The van der Waals surface area contributed by atoms with E-state index < -0.39 is 0 Å². The predicted molar refractivity (Wildman–Crippen MR) is 133 cm³/mol. The summed E-state index contributed by atoms with van der Waals surface area (Å²) in [5, 5.41) is 5.82. The average molecular weight is 506 g/mol. The highest BCUT2D eigenvalue weighted by Gasteiger charge is 2.12. The van der Waals surface area contributed by atoms with Gasteiger partial charge in [-0.3, -0.25) is 14.9 Å². The zero-order valence-electron chi connectivity index (χ0n) is 18.0. The Morgan fingerprint density at radius 3 is 2.42 bits per heavy atom. The van der Waals surface area contributed by atoms with Crippen LogP contribution in [0.2, 0.25) is 0 Å². The molecule has 2 aromatic rings. The van der Waals surface area contributed by atoms with Crippen molar-refractivity contribution in [2.24, 2.45) is 0 Å². The van der Waals surface area contributed by atoms with Gasteiger partial charge in [0.1, 0.15) is 5.75 Å². The van der Waals surface area contributed by atoms with Gasteiger partial charge < -0.3 is 15.0 Å². The highest BCUT2D eigenvalue weighted by molar-refractivity contribution is 9.10. The number of benzene rings is 2. The SMILES string of the molecule is CCCCCCOc1ccc(C(=O)NC(=S)Nc2ccc(N(C)C(C)=O)cc2)cc1Br. The molecule has 0 bridgehead atoms. The molecule has 0 spiro atoms. The van der Waals surface area contributed by atoms with Gasteiger partial charge in [0, 0.05) is 30.9 Å². The van der Waals surface area contributed by atoms with Crippen LogP contribution >= 0.6 is 28.1 Å². The van der Waals surface area contributed by atoms with Crippen molar-refractivity contribution < 1.29 is 14.3 Å². The summed E-state index contributed by atoms with van der Waals surface area (Å²) in [5.41, 5.74) is 1.94. The van der Waals surface area contributed by atoms with Crippen LogP contribution in [0.25, 0.3) is 0 Å². The molecule has 0 unspecified atom stereocenters. The topological polar surface area (TPSA) is 70.7 Å². The lowest BCUT2D eigenvalue weighted by Gasteiger charge is -2.16. The molecule has 31 heavy (non-hydrogen) atoms. The van der Waals surface area contributed by atoms with Gasteiger partial charge in [-0.1, -0.05) is 26.2 Å². The number of hydrogen-bond acceptors (Lipinski definition) is 4. The van der Waals surface area contributed by atoms with Crippen LogP contribution in [0.15, 0.2) is 46.9 Å². The molecule has 0 aliphatic rings. The molecule has 0 atom stereocenters. The fourth-order valence-corrected chi connectivity index (χ4v) is 3.46. The largest absolute Gasteiger partial charge is 0.492 e. The second-order valence-corrected chi connectivity index (χ2v) is 8.35. The van der Waals surface area contributed by atoms with Crippen LogP contribution in [-0.2, 0) is 4.79 Å². The number of ether oxygens (including phenoxy) is 1. The van der Waals surface area contributed by atoms with E-state index in [-0.39, 0.29) is 16.9 Å². The Labute approximate surface area is 197 Å². The smallest absolute Gasteiger partial charge is 0.257 e. The van der Waals surface area contributed by atoms with Gasteiger partial charge in [-0.15, -0.1) is 0 Å². The first-order valence-corrected chi connectivity index (χ1v) is 11.4. The van der Waals surface area contributed by atoms with E-state index in [1.165, 1.54) is 19.8 Å². The predicted octanol–water partition coefficient (Wildman–Crippen LogP) is 5.52. The number of thiocarbonyl (C=S) groups is 1. The molecule has 0 aromatic heterocycles. The van der Waals surface area contributed by atoms with Gasteiger partial charge in [-0.05, 0) is 77.0 Å². The number of carbonyl (C=O) groups is 2. The van der Waals surface area contributed by atoms with Gasteiger partial charge >= 0.3 is 0 Å². The number of carbonyl (C=O) groups excluding carboxylic acids is 2. The molecule has 0 radical (unpaired) electrons. The Balaban J connectivity index is 1.88. The molecule has 0 aliphatic heterocycles. The summed E-state index contributed by atoms with van der Waals surface area (Å²) in [5.74, 6) is 0.340. The zero-order chi connectivity index (χ0) is 22.8. The monoisotopic (exact) mass is 505 g/mol. The van der Waals surface area contributed by atoms with Gasteiger partial charge in [-0.2, -0.15) is 0 Å². The van der Waals surface area contributed by atoms with E-state index in [2.05, 4.69) is 33.5 Å². The lowest BCUT2D eigenvalue weighted by Crippen LogP contribution is -2.34. The number of nitrogens with zero attached hydrogens (tertiary/aromatic N) is 1.